The van der Waals surface area contributed by atoms with Crippen molar-refractivity contribution in [2.45, 2.75) is 53.5 Å². The Morgan fingerprint density at radius 3 is 2.52 bits per heavy atom. The number of rotatable bonds is 7. The molecule has 25 heavy (non-hydrogen) atoms. The summed E-state index contributed by atoms with van der Waals surface area (Å²) in [4.78, 5) is 11.7. The first-order chi connectivity index (χ1) is 11.6. The van der Waals surface area contributed by atoms with Crippen LogP contribution in [0.5, 0.6) is 0 Å². The molecule has 0 radical (unpaired) electrons. The van der Waals surface area contributed by atoms with Gasteiger partial charge in [0, 0.05) is 19.6 Å². The van der Waals surface area contributed by atoms with Gasteiger partial charge in [-0.2, -0.15) is 0 Å². The van der Waals surface area contributed by atoms with Gasteiger partial charge in [0.2, 0.25) is 5.89 Å². The second-order valence-electron chi connectivity index (χ2n) is 6.62. The van der Waals surface area contributed by atoms with E-state index in [9.17, 15) is 0 Å². The second kappa shape index (κ2) is 11.7. The zero-order chi connectivity index (χ0) is 17.4. The van der Waals surface area contributed by atoms with E-state index in [4.69, 9.17) is 9.41 Å². The van der Waals surface area contributed by atoms with E-state index in [1.807, 2.05) is 13.8 Å². The van der Waals surface area contributed by atoms with E-state index < -0.39 is 0 Å². The van der Waals surface area contributed by atoms with Gasteiger partial charge in [0.15, 0.2) is 5.96 Å². The minimum absolute atomic E-state index is 0. The molecule has 7 heteroatoms. The van der Waals surface area contributed by atoms with Crippen LogP contribution in [0.2, 0.25) is 0 Å². The average molecular weight is 463 g/mol. The quantitative estimate of drug-likeness (QED) is 0.370. The van der Waals surface area contributed by atoms with Crippen LogP contribution in [0.3, 0.4) is 0 Å². The van der Waals surface area contributed by atoms with Crippen molar-refractivity contribution in [3.63, 3.8) is 0 Å². The van der Waals surface area contributed by atoms with Gasteiger partial charge in [0.25, 0.3) is 0 Å². The summed E-state index contributed by atoms with van der Waals surface area (Å²) in [6, 6.07) is 0. The summed E-state index contributed by atoms with van der Waals surface area (Å²) >= 11 is 0. The molecule has 6 nitrogen and oxygen atoms in total. The highest BCUT2D eigenvalue weighted by Crippen LogP contribution is 2.20. The van der Waals surface area contributed by atoms with Crippen molar-refractivity contribution in [3.05, 3.63) is 17.3 Å². The van der Waals surface area contributed by atoms with E-state index in [1.165, 1.54) is 12.8 Å². The summed E-state index contributed by atoms with van der Waals surface area (Å²) in [5, 5.41) is 6.68. The third-order valence-electron chi connectivity index (χ3n) is 4.53. The van der Waals surface area contributed by atoms with Gasteiger partial charge in [-0.25, -0.2) is 4.98 Å². The van der Waals surface area contributed by atoms with Crippen LogP contribution in [0, 0.1) is 19.8 Å². The third kappa shape index (κ3) is 7.52. The number of guanidine groups is 1. The number of aromatic nitrogens is 1. The third-order valence-corrected chi connectivity index (χ3v) is 4.53. The predicted octanol–water partition coefficient (Wildman–Crippen LogP) is 3.09. The predicted molar refractivity (Wildman–Crippen MR) is 114 cm³/mol. The molecule has 0 amide bonds. The van der Waals surface area contributed by atoms with Gasteiger partial charge in [0.1, 0.15) is 5.76 Å². The molecule has 1 fully saturated rings. The normalized spacial score (nSPS) is 16.6. The average Bonchev–Trinajstić information content (AvgIpc) is 2.89. The molecule has 0 aromatic carbocycles. The number of likely N-dealkylation sites (tertiary alicyclic amines) is 1. The molecule has 1 saturated heterocycles. The molecular formula is C18H34IN5O. The standard InChI is InChI=1S/C18H33N5O.HI/c1-5-9-20-18(19-6-2)21-12-16-7-10-23(11-8-16)13-17-22-14(3)15(4)24-17;/h16H,5-13H2,1-4H3,(H2,19,20,21);1H. The molecule has 1 aliphatic heterocycles. The summed E-state index contributed by atoms with van der Waals surface area (Å²) < 4.78 is 5.70. The molecule has 1 aromatic heterocycles. The molecule has 1 aliphatic rings. The van der Waals surface area contributed by atoms with Crippen molar-refractivity contribution >= 4 is 29.9 Å². The lowest BCUT2D eigenvalue weighted by atomic mass is 9.97. The maximum absolute atomic E-state index is 5.70. The maximum Gasteiger partial charge on any atom is 0.208 e. The number of aliphatic imine (C=N–C) groups is 1. The van der Waals surface area contributed by atoms with Crippen LogP contribution in [-0.2, 0) is 6.54 Å². The van der Waals surface area contributed by atoms with Crippen molar-refractivity contribution in [2.75, 3.05) is 32.7 Å². The molecule has 0 atom stereocenters. The molecule has 0 bridgehead atoms. The highest BCUT2D eigenvalue weighted by molar-refractivity contribution is 14.0. The summed E-state index contributed by atoms with van der Waals surface area (Å²) in [6.45, 7) is 14.1. The lowest BCUT2D eigenvalue weighted by Gasteiger charge is -2.30. The molecule has 0 unspecified atom stereocenters. The fourth-order valence-corrected chi connectivity index (χ4v) is 2.93. The Morgan fingerprint density at radius 1 is 1.24 bits per heavy atom. The SMILES string of the molecule is CCCNC(=NCC1CCN(Cc2nc(C)c(C)o2)CC1)NCC.I. The van der Waals surface area contributed by atoms with E-state index >= 15 is 0 Å². The molecular weight excluding hydrogens is 429 g/mol. The van der Waals surface area contributed by atoms with Gasteiger partial charge in [-0.3, -0.25) is 9.89 Å². The number of aryl methyl sites for hydroxylation is 2. The molecule has 0 spiro atoms. The monoisotopic (exact) mass is 463 g/mol. The van der Waals surface area contributed by atoms with E-state index in [0.29, 0.717) is 5.92 Å². The van der Waals surface area contributed by atoms with Gasteiger partial charge in [0.05, 0.1) is 12.2 Å². The smallest absolute Gasteiger partial charge is 0.208 e. The van der Waals surface area contributed by atoms with Crippen LogP contribution >= 0.6 is 24.0 Å². The molecule has 2 N–H and O–H groups in total. The number of halogens is 1. The van der Waals surface area contributed by atoms with Crippen molar-refractivity contribution in [2.24, 2.45) is 10.9 Å². The first-order valence-corrected chi connectivity index (χ1v) is 9.29. The highest BCUT2D eigenvalue weighted by Gasteiger charge is 2.20. The minimum atomic E-state index is 0. The molecule has 0 aliphatic carbocycles. The van der Waals surface area contributed by atoms with Crippen LogP contribution < -0.4 is 10.6 Å². The molecule has 0 saturated carbocycles. The van der Waals surface area contributed by atoms with Gasteiger partial charge < -0.3 is 15.1 Å². The van der Waals surface area contributed by atoms with E-state index in [0.717, 1.165) is 69.0 Å². The number of hydrogen-bond acceptors (Lipinski definition) is 4. The minimum Gasteiger partial charge on any atom is -0.444 e. The Morgan fingerprint density at radius 2 is 1.96 bits per heavy atom. The van der Waals surface area contributed by atoms with E-state index in [-0.39, 0.29) is 24.0 Å². The van der Waals surface area contributed by atoms with E-state index in [1.54, 1.807) is 0 Å². The fraction of sp³-hybridized carbons (Fsp3) is 0.778. The Hall–Kier alpha value is -0.830. The largest absolute Gasteiger partial charge is 0.444 e. The Balaban J connectivity index is 0.00000312. The Labute approximate surface area is 169 Å². The van der Waals surface area contributed by atoms with Crippen LogP contribution in [0.15, 0.2) is 9.41 Å². The van der Waals surface area contributed by atoms with Crippen LogP contribution in [0.4, 0.5) is 0 Å². The van der Waals surface area contributed by atoms with Gasteiger partial charge >= 0.3 is 0 Å². The zero-order valence-corrected chi connectivity index (χ0v) is 18.4. The summed E-state index contributed by atoms with van der Waals surface area (Å²) in [5.41, 5.74) is 1.00. The van der Waals surface area contributed by atoms with Gasteiger partial charge in [-0.1, -0.05) is 6.92 Å². The zero-order valence-electron chi connectivity index (χ0n) is 16.1. The molecule has 1 aromatic rings. The van der Waals surface area contributed by atoms with Gasteiger partial charge in [-0.05, 0) is 59.0 Å². The molecule has 144 valence electrons. The Kier molecular flexibility index (Phi) is 10.4. The lowest BCUT2D eigenvalue weighted by molar-refractivity contribution is 0.166. The lowest BCUT2D eigenvalue weighted by Crippen LogP contribution is -2.39. The summed E-state index contributed by atoms with van der Waals surface area (Å²) in [6.07, 6.45) is 3.49. The number of nitrogens with zero attached hydrogens (tertiary/aromatic N) is 3. The Bertz CT molecular complexity index is 504. The molecule has 2 rings (SSSR count). The first kappa shape index (κ1) is 22.2. The van der Waals surface area contributed by atoms with Crippen LogP contribution in [0.1, 0.15) is 50.5 Å². The molecule has 2 heterocycles. The fourth-order valence-electron chi connectivity index (χ4n) is 2.93. The van der Waals surface area contributed by atoms with Crippen molar-refractivity contribution in [1.82, 2.24) is 20.5 Å². The number of oxazole rings is 1. The highest BCUT2D eigenvalue weighted by atomic mass is 127. The summed E-state index contributed by atoms with van der Waals surface area (Å²) in [7, 11) is 0. The van der Waals surface area contributed by atoms with Crippen LogP contribution in [-0.4, -0.2) is 48.6 Å². The topological polar surface area (TPSA) is 65.7 Å². The second-order valence-corrected chi connectivity index (χ2v) is 6.62. The van der Waals surface area contributed by atoms with Gasteiger partial charge in [-0.15, -0.1) is 24.0 Å². The van der Waals surface area contributed by atoms with Crippen molar-refractivity contribution < 1.29 is 4.42 Å². The number of hydrogen-bond donors (Lipinski definition) is 2. The van der Waals surface area contributed by atoms with Crippen LogP contribution in [0.25, 0.3) is 0 Å². The number of piperidine rings is 1. The maximum atomic E-state index is 5.70. The summed E-state index contributed by atoms with van der Waals surface area (Å²) in [5.74, 6) is 3.41. The van der Waals surface area contributed by atoms with Crippen molar-refractivity contribution in [3.8, 4) is 0 Å². The van der Waals surface area contributed by atoms with E-state index in [2.05, 4.69) is 34.4 Å². The first-order valence-electron chi connectivity index (χ1n) is 9.29. The van der Waals surface area contributed by atoms with Crippen molar-refractivity contribution in [1.29, 1.82) is 0 Å². The number of nitrogens with one attached hydrogen (secondary N) is 2.